The Morgan fingerprint density at radius 2 is 1.65 bits per heavy atom. The van der Waals surface area contributed by atoms with Gasteiger partial charge in [-0.15, -0.1) is 0 Å². The molecule has 2 heteroatoms. The van der Waals surface area contributed by atoms with Crippen molar-refractivity contribution in [3.05, 3.63) is 34.3 Å². The molecule has 1 aromatic carbocycles. The van der Waals surface area contributed by atoms with E-state index in [1.165, 1.54) is 0 Å². The first-order chi connectivity index (χ1) is 8.17. The largest absolute Gasteiger partial charge is 0.299 e. The number of ketones is 1. The molecule has 1 rings (SSSR count). The SMILES string of the molecule is CCCC(CCC)C(=O)Cc1ccc(Br)cc1. The average molecular weight is 297 g/mol. The number of halogens is 1. The highest BCUT2D eigenvalue weighted by Gasteiger charge is 2.16. The molecule has 0 aromatic heterocycles. The van der Waals surface area contributed by atoms with Gasteiger partial charge in [0.2, 0.25) is 0 Å². The van der Waals surface area contributed by atoms with E-state index in [1.54, 1.807) is 0 Å². The third-order valence-corrected chi connectivity index (χ3v) is 3.55. The zero-order valence-corrected chi connectivity index (χ0v) is 12.3. The molecule has 0 heterocycles. The van der Waals surface area contributed by atoms with Crippen LogP contribution in [0, 0.1) is 5.92 Å². The highest BCUT2D eigenvalue weighted by Crippen LogP contribution is 2.18. The van der Waals surface area contributed by atoms with Crippen molar-refractivity contribution in [1.29, 1.82) is 0 Å². The van der Waals surface area contributed by atoms with E-state index in [-0.39, 0.29) is 5.92 Å². The van der Waals surface area contributed by atoms with Crippen LogP contribution in [0.2, 0.25) is 0 Å². The van der Waals surface area contributed by atoms with E-state index in [2.05, 4.69) is 29.8 Å². The van der Waals surface area contributed by atoms with Crippen LogP contribution < -0.4 is 0 Å². The number of Topliss-reactive ketones (excluding diaryl/α,β-unsaturated/α-hetero) is 1. The van der Waals surface area contributed by atoms with E-state index in [9.17, 15) is 4.79 Å². The minimum absolute atomic E-state index is 0.258. The number of carbonyl (C=O) groups is 1. The molecule has 1 aromatic rings. The fraction of sp³-hybridized carbons (Fsp3) is 0.533. The van der Waals surface area contributed by atoms with E-state index in [4.69, 9.17) is 0 Å². The smallest absolute Gasteiger partial charge is 0.140 e. The normalized spacial score (nSPS) is 10.8. The van der Waals surface area contributed by atoms with E-state index in [1.807, 2.05) is 24.3 Å². The van der Waals surface area contributed by atoms with E-state index < -0.39 is 0 Å². The van der Waals surface area contributed by atoms with Crippen molar-refractivity contribution in [2.24, 2.45) is 5.92 Å². The predicted octanol–water partition coefficient (Wildman–Crippen LogP) is 4.78. The fourth-order valence-corrected chi connectivity index (χ4v) is 2.38. The van der Waals surface area contributed by atoms with E-state index >= 15 is 0 Å². The van der Waals surface area contributed by atoms with Crippen molar-refractivity contribution in [2.45, 2.75) is 46.0 Å². The molecule has 0 amide bonds. The molecule has 0 spiro atoms. The van der Waals surface area contributed by atoms with Gasteiger partial charge in [-0.1, -0.05) is 54.8 Å². The minimum atomic E-state index is 0.258. The fourth-order valence-electron chi connectivity index (χ4n) is 2.11. The third-order valence-electron chi connectivity index (χ3n) is 3.02. The van der Waals surface area contributed by atoms with Gasteiger partial charge in [-0.2, -0.15) is 0 Å². The van der Waals surface area contributed by atoms with Gasteiger partial charge in [0.05, 0.1) is 0 Å². The van der Waals surface area contributed by atoms with Crippen molar-refractivity contribution < 1.29 is 4.79 Å². The Kier molecular flexibility index (Phi) is 6.49. The summed E-state index contributed by atoms with van der Waals surface area (Å²) in [4.78, 5) is 12.2. The van der Waals surface area contributed by atoms with Gasteiger partial charge < -0.3 is 0 Å². The van der Waals surface area contributed by atoms with Crippen molar-refractivity contribution in [3.8, 4) is 0 Å². The van der Waals surface area contributed by atoms with Gasteiger partial charge in [-0.25, -0.2) is 0 Å². The summed E-state index contributed by atoms with van der Waals surface area (Å²) in [6.45, 7) is 4.30. The van der Waals surface area contributed by atoms with Crippen molar-refractivity contribution in [2.75, 3.05) is 0 Å². The molecular weight excluding hydrogens is 276 g/mol. The molecule has 0 saturated carbocycles. The van der Waals surface area contributed by atoms with E-state index in [0.717, 1.165) is 35.7 Å². The number of hydrogen-bond donors (Lipinski definition) is 0. The van der Waals surface area contributed by atoms with Crippen LogP contribution >= 0.6 is 15.9 Å². The lowest BCUT2D eigenvalue weighted by Crippen LogP contribution is -2.16. The topological polar surface area (TPSA) is 17.1 Å². The van der Waals surface area contributed by atoms with Crippen LogP contribution in [0.15, 0.2) is 28.7 Å². The lowest BCUT2D eigenvalue weighted by atomic mass is 9.90. The van der Waals surface area contributed by atoms with Crippen molar-refractivity contribution in [3.63, 3.8) is 0 Å². The summed E-state index contributed by atoms with van der Waals surface area (Å²) < 4.78 is 1.06. The van der Waals surface area contributed by atoms with Gasteiger partial charge in [0, 0.05) is 16.8 Å². The molecule has 0 aliphatic rings. The van der Waals surface area contributed by atoms with E-state index in [0.29, 0.717) is 12.2 Å². The summed E-state index contributed by atoms with van der Waals surface area (Å²) in [5, 5.41) is 0. The Hall–Kier alpha value is -0.630. The predicted molar refractivity (Wildman–Crippen MR) is 76.2 cm³/mol. The second-order valence-electron chi connectivity index (χ2n) is 4.54. The summed E-state index contributed by atoms with van der Waals surface area (Å²) in [5.41, 5.74) is 1.12. The van der Waals surface area contributed by atoms with Crippen molar-refractivity contribution in [1.82, 2.24) is 0 Å². The van der Waals surface area contributed by atoms with Gasteiger partial charge >= 0.3 is 0 Å². The summed E-state index contributed by atoms with van der Waals surface area (Å²) in [7, 11) is 0. The van der Waals surface area contributed by atoms with Gasteiger partial charge in [0.1, 0.15) is 5.78 Å². The van der Waals surface area contributed by atoms with Crippen LogP contribution in [0.4, 0.5) is 0 Å². The first-order valence-corrected chi connectivity index (χ1v) is 7.23. The molecule has 0 aliphatic carbocycles. The Labute approximate surface area is 113 Å². The Morgan fingerprint density at radius 1 is 1.12 bits per heavy atom. The second-order valence-corrected chi connectivity index (χ2v) is 5.46. The van der Waals surface area contributed by atoms with Gasteiger partial charge in [0.15, 0.2) is 0 Å². The monoisotopic (exact) mass is 296 g/mol. The number of hydrogen-bond acceptors (Lipinski definition) is 1. The quantitative estimate of drug-likeness (QED) is 0.708. The highest BCUT2D eigenvalue weighted by atomic mass is 79.9. The van der Waals surface area contributed by atoms with Crippen molar-refractivity contribution >= 4 is 21.7 Å². The maximum absolute atomic E-state index is 12.2. The van der Waals surface area contributed by atoms with Gasteiger partial charge in [-0.05, 0) is 30.5 Å². The molecule has 0 atom stereocenters. The van der Waals surface area contributed by atoms with Crippen LogP contribution in [0.5, 0.6) is 0 Å². The molecule has 17 heavy (non-hydrogen) atoms. The third kappa shape index (κ3) is 5.03. The van der Waals surface area contributed by atoms with Crippen LogP contribution in [0.1, 0.15) is 45.1 Å². The Balaban J connectivity index is 2.59. The zero-order chi connectivity index (χ0) is 12.7. The molecule has 0 unspecified atom stereocenters. The van der Waals surface area contributed by atoms with Crippen LogP contribution in [-0.2, 0) is 11.2 Å². The summed E-state index contributed by atoms with van der Waals surface area (Å²) >= 11 is 3.41. The Bertz CT molecular complexity index is 336. The molecule has 0 bridgehead atoms. The second kappa shape index (κ2) is 7.65. The standard InChI is InChI=1S/C15H21BrO/c1-3-5-13(6-4-2)15(17)11-12-7-9-14(16)10-8-12/h7-10,13H,3-6,11H2,1-2H3. The summed E-state index contributed by atoms with van der Waals surface area (Å²) in [5.74, 6) is 0.657. The molecule has 0 saturated heterocycles. The van der Waals surface area contributed by atoms with Crippen LogP contribution in [-0.4, -0.2) is 5.78 Å². The lowest BCUT2D eigenvalue weighted by Gasteiger charge is -2.13. The molecule has 0 fully saturated rings. The Morgan fingerprint density at radius 3 is 2.12 bits per heavy atom. The molecule has 1 nitrogen and oxygen atoms in total. The maximum atomic E-state index is 12.2. The minimum Gasteiger partial charge on any atom is -0.299 e. The maximum Gasteiger partial charge on any atom is 0.140 e. The molecule has 0 radical (unpaired) electrons. The van der Waals surface area contributed by atoms with Gasteiger partial charge in [-0.3, -0.25) is 4.79 Å². The number of benzene rings is 1. The average Bonchev–Trinajstić information content (AvgIpc) is 2.32. The van der Waals surface area contributed by atoms with Gasteiger partial charge in [0.25, 0.3) is 0 Å². The zero-order valence-electron chi connectivity index (χ0n) is 10.7. The first-order valence-electron chi connectivity index (χ1n) is 6.44. The number of carbonyl (C=O) groups excluding carboxylic acids is 1. The molecule has 0 aliphatic heterocycles. The summed E-state index contributed by atoms with van der Waals surface area (Å²) in [6, 6.07) is 8.04. The molecule has 94 valence electrons. The molecular formula is C15H21BrO. The first kappa shape index (κ1) is 14.4. The summed E-state index contributed by atoms with van der Waals surface area (Å²) in [6.07, 6.45) is 4.83. The lowest BCUT2D eigenvalue weighted by molar-refractivity contribution is -0.122. The highest BCUT2D eigenvalue weighted by molar-refractivity contribution is 9.10. The molecule has 0 N–H and O–H groups in total. The van der Waals surface area contributed by atoms with Crippen LogP contribution in [0.3, 0.4) is 0 Å². The number of rotatable bonds is 7. The van der Waals surface area contributed by atoms with Crippen LogP contribution in [0.25, 0.3) is 0 Å².